The highest BCUT2D eigenvalue weighted by molar-refractivity contribution is 5.99. The van der Waals surface area contributed by atoms with E-state index in [1.54, 1.807) is 39.0 Å². The highest BCUT2D eigenvalue weighted by Gasteiger charge is 2.23. The Kier molecular flexibility index (Phi) is 3.75. The second-order valence-corrected chi connectivity index (χ2v) is 6.49. The van der Waals surface area contributed by atoms with Gasteiger partial charge in [-0.1, -0.05) is 18.2 Å². The van der Waals surface area contributed by atoms with Gasteiger partial charge in [-0.2, -0.15) is 9.78 Å². The quantitative estimate of drug-likeness (QED) is 0.680. The van der Waals surface area contributed by atoms with E-state index in [1.165, 1.54) is 12.1 Å². The lowest BCUT2D eigenvalue weighted by molar-refractivity contribution is 0.0523. The third-order valence-electron chi connectivity index (χ3n) is 3.43. The summed E-state index contributed by atoms with van der Waals surface area (Å²) in [6.07, 6.45) is -0.668. The van der Waals surface area contributed by atoms with Crippen molar-refractivity contribution >= 4 is 22.7 Å². The van der Waals surface area contributed by atoms with Crippen molar-refractivity contribution in [2.45, 2.75) is 26.4 Å². The number of ether oxygens (including phenoxy) is 1. The van der Waals surface area contributed by atoms with E-state index in [-0.39, 0.29) is 0 Å². The van der Waals surface area contributed by atoms with E-state index in [1.807, 2.05) is 12.1 Å². The molecule has 0 aliphatic rings. The molecule has 0 aliphatic carbocycles. The predicted octanol–water partition coefficient (Wildman–Crippen LogP) is 4.21. The number of fused-ring (bicyclic) bond motifs is 1. The van der Waals surface area contributed by atoms with Gasteiger partial charge in [-0.05, 0) is 39.0 Å². The van der Waals surface area contributed by atoms with Crippen molar-refractivity contribution in [3.05, 3.63) is 48.3 Å². The Balaban J connectivity index is 2.23. The van der Waals surface area contributed by atoms with Gasteiger partial charge in [-0.3, -0.25) is 0 Å². The van der Waals surface area contributed by atoms with E-state index in [9.17, 15) is 9.18 Å². The summed E-state index contributed by atoms with van der Waals surface area (Å²) in [6, 6.07) is 11.4. The van der Waals surface area contributed by atoms with Crippen LogP contribution in [0.25, 0.3) is 22.2 Å². The molecule has 0 radical (unpaired) electrons. The van der Waals surface area contributed by atoms with Crippen molar-refractivity contribution in [1.29, 1.82) is 0 Å². The molecule has 1 aromatic heterocycles. The number of anilines is 1. The zero-order valence-corrected chi connectivity index (χ0v) is 13.7. The molecular weight excluding hydrogens is 309 g/mol. The summed E-state index contributed by atoms with van der Waals surface area (Å²) in [4.78, 5) is 12.4. The van der Waals surface area contributed by atoms with Gasteiger partial charge in [0.15, 0.2) is 0 Å². The molecular formula is C18H18FN3O2. The molecule has 0 aliphatic heterocycles. The minimum Gasteiger partial charge on any atom is -0.442 e. The lowest BCUT2D eigenvalue weighted by Crippen LogP contribution is -2.27. The number of aromatic nitrogens is 2. The van der Waals surface area contributed by atoms with Crippen molar-refractivity contribution in [2.75, 3.05) is 5.73 Å². The maximum atomic E-state index is 13.7. The first-order valence-electron chi connectivity index (χ1n) is 7.53. The molecule has 1 heterocycles. The van der Waals surface area contributed by atoms with Gasteiger partial charge < -0.3 is 10.5 Å². The molecule has 24 heavy (non-hydrogen) atoms. The molecule has 0 amide bonds. The topological polar surface area (TPSA) is 70.1 Å². The number of para-hydroxylation sites is 1. The summed E-state index contributed by atoms with van der Waals surface area (Å²) in [5.74, 6) is -0.459. The first-order valence-corrected chi connectivity index (χ1v) is 7.53. The van der Waals surface area contributed by atoms with Crippen molar-refractivity contribution in [3.63, 3.8) is 0 Å². The minimum atomic E-state index is -0.686. The van der Waals surface area contributed by atoms with Gasteiger partial charge in [0.25, 0.3) is 0 Å². The molecule has 6 heteroatoms. The molecule has 3 rings (SSSR count). The van der Waals surface area contributed by atoms with E-state index in [0.29, 0.717) is 27.8 Å². The number of halogens is 1. The van der Waals surface area contributed by atoms with Crippen LogP contribution in [0.5, 0.6) is 0 Å². The number of carbonyl (C=O) groups is 1. The van der Waals surface area contributed by atoms with Gasteiger partial charge in [-0.15, -0.1) is 0 Å². The zero-order chi connectivity index (χ0) is 17.5. The Labute approximate surface area is 138 Å². The SMILES string of the molecule is CC(C)(C)OC(=O)n1nc(-c2ccccc2N)c2ccc(F)cc21. The average molecular weight is 327 g/mol. The molecule has 2 aromatic carbocycles. The monoisotopic (exact) mass is 327 g/mol. The Morgan fingerprint density at radius 2 is 1.92 bits per heavy atom. The summed E-state index contributed by atoms with van der Waals surface area (Å²) in [7, 11) is 0. The lowest BCUT2D eigenvalue weighted by Gasteiger charge is -2.19. The molecule has 0 atom stereocenters. The second kappa shape index (κ2) is 5.63. The summed E-state index contributed by atoms with van der Waals surface area (Å²) in [6.45, 7) is 5.27. The zero-order valence-electron chi connectivity index (χ0n) is 13.7. The molecule has 0 saturated carbocycles. The fourth-order valence-electron chi connectivity index (χ4n) is 2.44. The van der Waals surface area contributed by atoms with Crippen molar-refractivity contribution < 1.29 is 13.9 Å². The molecule has 0 spiro atoms. The van der Waals surface area contributed by atoms with Crippen LogP contribution in [0.2, 0.25) is 0 Å². The van der Waals surface area contributed by atoms with Gasteiger partial charge in [0.05, 0.1) is 5.52 Å². The van der Waals surface area contributed by atoms with Crippen LogP contribution < -0.4 is 5.73 Å². The number of nitrogens with zero attached hydrogens (tertiary/aromatic N) is 2. The van der Waals surface area contributed by atoms with E-state index < -0.39 is 17.5 Å². The number of nitrogen functional groups attached to an aromatic ring is 1. The first-order chi connectivity index (χ1) is 11.3. The smallest absolute Gasteiger partial charge is 0.435 e. The van der Waals surface area contributed by atoms with Crippen LogP contribution >= 0.6 is 0 Å². The van der Waals surface area contributed by atoms with Gasteiger partial charge in [0, 0.05) is 22.7 Å². The number of nitrogens with two attached hydrogens (primary N) is 1. The summed E-state index contributed by atoms with van der Waals surface area (Å²) < 4.78 is 20.1. The van der Waals surface area contributed by atoms with Crippen LogP contribution in [-0.4, -0.2) is 21.5 Å². The van der Waals surface area contributed by atoms with Crippen LogP contribution in [0.4, 0.5) is 14.9 Å². The third kappa shape index (κ3) is 2.95. The third-order valence-corrected chi connectivity index (χ3v) is 3.43. The Morgan fingerprint density at radius 1 is 1.21 bits per heavy atom. The highest BCUT2D eigenvalue weighted by atomic mass is 19.1. The average Bonchev–Trinajstić information content (AvgIpc) is 2.84. The fourth-order valence-corrected chi connectivity index (χ4v) is 2.44. The molecule has 0 bridgehead atoms. The lowest BCUT2D eigenvalue weighted by atomic mass is 10.1. The molecule has 2 N–H and O–H groups in total. The number of benzene rings is 2. The van der Waals surface area contributed by atoms with E-state index >= 15 is 0 Å². The molecule has 3 aromatic rings. The molecule has 0 unspecified atom stereocenters. The molecule has 5 nitrogen and oxygen atoms in total. The van der Waals surface area contributed by atoms with Gasteiger partial charge in [0.2, 0.25) is 0 Å². The Hall–Kier alpha value is -2.89. The van der Waals surface area contributed by atoms with Crippen molar-refractivity contribution in [2.24, 2.45) is 0 Å². The number of hydrogen-bond donors (Lipinski definition) is 1. The van der Waals surface area contributed by atoms with Gasteiger partial charge in [-0.25, -0.2) is 9.18 Å². The van der Waals surface area contributed by atoms with Crippen LogP contribution in [0.1, 0.15) is 20.8 Å². The van der Waals surface area contributed by atoms with E-state index in [4.69, 9.17) is 10.5 Å². The fraction of sp³-hybridized carbons (Fsp3) is 0.222. The van der Waals surface area contributed by atoms with Gasteiger partial charge >= 0.3 is 6.09 Å². The second-order valence-electron chi connectivity index (χ2n) is 6.49. The van der Waals surface area contributed by atoms with Crippen LogP contribution in [0.15, 0.2) is 42.5 Å². The maximum Gasteiger partial charge on any atom is 0.435 e. The summed E-state index contributed by atoms with van der Waals surface area (Å²) >= 11 is 0. The van der Waals surface area contributed by atoms with Crippen LogP contribution in [0.3, 0.4) is 0 Å². The number of rotatable bonds is 1. The van der Waals surface area contributed by atoms with Gasteiger partial charge in [0.1, 0.15) is 17.1 Å². The standard InChI is InChI=1S/C18H18FN3O2/c1-18(2,3)24-17(23)22-15-10-11(19)8-9-13(15)16(21-22)12-6-4-5-7-14(12)20/h4-10H,20H2,1-3H3. The highest BCUT2D eigenvalue weighted by Crippen LogP contribution is 2.32. The largest absolute Gasteiger partial charge is 0.442 e. The molecule has 124 valence electrons. The molecule has 0 fully saturated rings. The predicted molar refractivity (Wildman–Crippen MR) is 91.2 cm³/mol. The minimum absolute atomic E-state index is 0.336. The van der Waals surface area contributed by atoms with E-state index in [2.05, 4.69) is 5.10 Å². The van der Waals surface area contributed by atoms with Crippen LogP contribution in [0, 0.1) is 5.82 Å². The Bertz CT molecular complexity index is 926. The van der Waals surface area contributed by atoms with Crippen molar-refractivity contribution in [1.82, 2.24) is 9.78 Å². The maximum absolute atomic E-state index is 13.7. The van der Waals surface area contributed by atoms with Crippen molar-refractivity contribution in [3.8, 4) is 11.3 Å². The summed E-state index contributed by atoms with van der Waals surface area (Å²) in [5.41, 5.74) is 7.38. The van der Waals surface area contributed by atoms with E-state index in [0.717, 1.165) is 4.68 Å². The Morgan fingerprint density at radius 3 is 2.58 bits per heavy atom. The molecule has 0 saturated heterocycles. The van der Waals surface area contributed by atoms with Crippen LogP contribution in [-0.2, 0) is 4.74 Å². The normalized spacial score (nSPS) is 11.7. The summed E-state index contributed by atoms with van der Waals surface area (Å²) in [5, 5.41) is 4.97. The number of carbonyl (C=O) groups excluding carboxylic acids is 1. The number of hydrogen-bond acceptors (Lipinski definition) is 4. The first kappa shape index (κ1) is 16.0.